The molecule has 3 aliphatic heterocycles. The van der Waals surface area contributed by atoms with Gasteiger partial charge in [0.1, 0.15) is 53.8 Å². The molecule has 2 N–H and O–H groups in total. The average molecular weight is 1030 g/mol. The molecule has 13 nitrogen and oxygen atoms in total. The zero-order valence-electron chi connectivity index (χ0n) is 48.8. The van der Waals surface area contributed by atoms with Gasteiger partial charge < -0.3 is 24.4 Å². The van der Waals surface area contributed by atoms with Gasteiger partial charge in [0, 0.05) is 48.9 Å². The summed E-state index contributed by atoms with van der Waals surface area (Å²) < 4.78 is 16.8. The summed E-state index contributed by atoms with van der Waals surface area (Å²) in [5, 5.41) is 20.9. The van der Waals surface area contributed by atoms with Gasteiger partial charge in [0.25, 0.3) is 0 Å². The van der Waals surface area contributed by atoms with E-state index < -0.39 is 41.9 Å². The molecular weight excluding hydrogens is 929 g/mol. The largest absolute Gasteiger partial charge is 0.462 e. The van der Waals surface area contributed by atoms with Crippen LogP contribution in [0.15, 0.2) is 0 Å². The van der Waals surface area contributed by atoms with Crippen LogP contribution in [0, 0.1) is 88.8 Å². The Morgan fingerprint density at radius 2 is 0.795 bits per heavy atom. The van der Waals surface area contributed by atoms with Crippen LogP contribution in [-0.4, -0.2) is 87.6 Å². The first kappa shape index (κ1) is 67.7. The standard InChI is InChI=1S/C20H34O5.C20H34O4.C20H36O4/c1-7-17-13(4)10-12(3)16(21)9-8-11(2)18(22)14(5)19(23)15(6)20(24)25-17;1-7-19-14(4)10-13(3)17(21)9-8-12(2)15(5)16(6)18(22)11-20(23)24-19;1-7-18-14(4)11-13(3)17(21)9-8-12(2)10-15(5)19(22)16(6)20(23)24-18/h11-15,17-18,22H,7-10H2,1-6H3;12-16,19H,7-11H2,1-6H3;12-16,18-19,22H,7-11H2,1-6H3/t11-,12+,13+,14+,15+,17+,18-;12-,13+,14+,15-,16+,19+;12-,13+,14+,15+,16+,18+,19-/m000/s1. The minimum Gasteiger partial charge on any atom is -0.462 e. The summed E-state index contributed by atoms with van der Waals surface area (Å²) in [6.45, 7) is 34.7. The molecule has 3 aliphatic rings. The number of hydrogen-bond donors (Lipinski definition) is 2. The van der Waals surface area contributed by atoms with Gasteiger partial charge in [-0.25, -0.2) is 0 Å². The SMILES string of the molecule is CC[C@H]1OC(=O)CC(=O)[C@H](C)[C@@H](C)[C@@H](C)CCC(=O)[C@H](C)C[C@H]1C.CC[C@H]1OC(=O)[C@H](C)C(=O)[C@H](C)[C@@H](O)[C@@H](C)CCC(=O)[C@H](C)C[C@H]1C.CC[C@H]1OC(=O)[C@H](C)[C@@H](O)[C@H](C)C[C@@H](C)CCC(=O)[C@H](C)C[C@H]1C. The van der Waals surface area contributed by atoms with Gasteiger partial charge in [-0.15, -0.1) is 0 Å². The van der Waals surface area contributed by atoms with Gasteiger partial charge in [-0.05, 0) is 125 Å². The van der Waals surface area contributed by atoms with Crippen LogP contribution in [0.5, 0.6) is 0 Å². The third-order valence-corrected chi connectivity index (χ3v) is 17.4. The number of cyclic esters (lactones) is 3. The Kier molecular flexibility index (Phi) is 30.6. The molecule has 0 aromatic carbocycles. The van der Waals surface area contributed by atoms with E-state index in [0.717, 1.165) is 38.5 Å². The van der Waals surface area contributed by atoms with Gasteiger partial charge in [0.05, 0.1) is 18.1 Å². The minimum atomic E-state index is -0.889. The normalized spacial score (nSPS) is 39.3. The number of ketones is 5. The molecule has 0 aromatic heterocycles. The summed E-state index contributed by atoms with van der Waals surface area (Å²) in [7, 11) is 0. The van der Waals surface area contributed by atoms with Crippen molar-refractivity contribution in [3.8, 4) is 0 Å². The molecule has 3 rings (SSSR count). The summed E-state index contributed by atoms with van der Waals surface area (Å²) in [6, 6.07) is 0. The molecule has 0 aliphatic carbocycles. The first-order chi connectivity index (χ1) is 33.9. The molecule has 422 valence electrons. The first-order valence-corrected chi connectivity index (χ1v) is 28.5. The number of ether oxygens (including phenoxy) is 3. The molecule has 0 aromatic rings. The highest BCUT2D eigenvalue weighted by molar-refractivity contribution is 6.00. The van der Waals surface area contributed by atoms with Gasteiger partial charge in [0.15, 0.2) is 5.78 Å². The molecular formula is C60H104O13. The molecule has 0 radical (unpaired) electrons. The maximum Gasteiger partial charge on any atom is 0.316 e. The summed E-state index contributed by atoms with van der Waals surface area (Å²) >= 11 is 0. The van der Waals surface area contributed by atoms with Crippen molar-refractivity contribution in [2.24, 2.45) is 88.8 Å². The number of aliphatic hydroxyl groups excluding tert-OH is 2. The van der Waals surface area contributed by atoms with Crippen LogP contribution in [0.4, 0.5) is 0 Å². The molecule has 73 heavy (non-hydrogen) atoms. The first-order valence-electron chi connectivity index (χ1n) is 28.5. The molecule has 0 saturated carbocycles. The number of esters is 3. The van der Waals surface area contributed by atoms with Crippen molar-refractivity contribution in [1.82, 2.24) is 0 Å². The highest BCUT2D eigenvalue weighted by atomic mass is 16.6. The van der Waals surface area contributed by atoms with Crippen molar-refractivity contribution < 1.29 is 62.8 Å². The van der Waals surface area contributed by atoms with Gasteiger partial charge >= 0.3 is 17.9 Å². The third-order valence-electron chi connectivity index (χ3n) is 17.4. The van der Waals surface area contributed by atoms with E-state index in [9.17, 15) is 48.6 Å². The predicted octanol–water partition coefficient (Wildman–Crippen LogP) is 11.4. The van der Waals surface area contributed by atoms with Gasteiger partial charge in [0.2, 0.25) is 0 Å². The zero-order chi connectivity index (χ0) is 56.2. The van der Waals surface area contributed by atoms with Crippen LogP contribution in [0.1, 0.15) is 215 Å². The highest BCUT2D eigenvalue weighted by Gasteiger charge is 2.37. The summed E-state index contributed by atoms with van der Waals surface area (Å²) in [5.41, 5.74) is 0. The molecule has 3 fully saturated rings. The van der Waals surface area contributed by atoms with Crippen molar-refractivity contribution in [2.75, 3.05) is 0 Å². The Labute approximate surface area is 441 Å². The molecule has 0 spiro atoms. The Hall–Kier alpha value is -3.32. The lowest BCUT2D eigenvalue weighted by Crippen LogP contribution is -2.39. The number of hydrogen-bond acceptors (Lipinski definition) is 13. The van der Waals surface area contributed by atoms with Crippen molar-refractivity contribution in [1.29, 1.82) is 0 Å². The van der Waals surface area contributed by atoms with Crippen LogP contribution < -0.4 is 0 Å². The number of Topliss-reactive ketones (excluding diaryl/α,β-unsaturated/α-hetero) is 5. The fourth-order valence-corrected chi connectivity index (χ4v) is 11.1. The number of carbonyl (C=O) groups excluding carboxylic acids is 8. The average Bonchev–Trinajstić information content (AvgIpc) is 3.35. The van der Waals surface area contributed by atoms with Crippen molar-refractivity contribution in [2.45, 2.75) is 245 Å². The number of rotatable bonds is 3. The summed E-state index contributed by atoms with van der Waals surface area (Å²) in [4.78, 5) is 99.1. The number of carbonyl (C=O) groups is 8. The zero-order valence-corrected chi connectivity index (χ0v) is 48.8. The van der Waals surface area contributed by atoms with Crippen LogP contribution in [0.2, 0.25) is 0 Å². The van der Waals surface area contributed by atoms with Gasteiger partial charge in [-0.2, -0.15) is 0 Å². The summed E-state index contributed by atoms with van der Waals surface area (Å²) in [6.07, 6.45) is 6.33. The van der Waals surface area contributed by atoms with E-state index in [-0.39, 0.29) is 119 Å². The monoisotopic (exact) mass is 1030 g/mol. The molecule has 20 atom stereocenters. The Morgan fingerprint density at radius 1 is 0.411 bits per heavy atom. The van der Waals surface area contributed by atoms with Crippen LogP contribution in [0.3, 0.4) is 0 Å². The second kappa shape index (κ2) is 33.0. The second-order valence-electron chi connectivity index (χ2n) is 23.8. The molecule has 13 heteroatoms. The van der Waals surface area contributed by atoms with E-state index >= 15 is 0 Å². The van der Waals surface area contributed by atoms with Crippen LogP contribution in [0.25, 0.3) is 0 Å². The molecule has 0 bridgehead atoms. The van der Waals surface area contributed by atoms with E-state index in [1.165, 1.54) is 0 Å². The van der Waals surface area contributed by atoms with E-state index in [2.05, 4.69) is 13.8 Å². The fourth-order valence-electron chi connectivity index (χ4n) is 11.1. The van der Waals surface area contributed by atoms with E-state index in [1.807, 2.05) is 90.0 Å². The fraction of sp³-hybridized carbons (Fsp3) is 0.867. The van der Waals surface area contributed by atoms with Gasteiger partial charge in [-0.3, -0.25) is 38.4 Å². The lowest BCUT2D eigenvalue weighted by Gasteiger charge is -2.30. The molecule has 3 heterocycles. The van der Waals surface area contributed by atoms with E-state index in [4.69, 9.17) is 14.2 Å². The van der Waals surface area contributed by atoms with Crippen LogP contribution in [-0.2, 0) is 52.6 Å². The second-order valence-corrected chi connectivity index (χ2v) is 23.8. The van der Waals surface area contributed by atoms with Gasteiger partial charge in [-0.1, -0.05) is 111 Å². The molecule has 0 unspecified atom stereocenters. The van der Waals surface area contributed by atoms with Crippen LogP contribution >= 0.6 is 0 Å². The van der Waals surface area contributed by atoms with Crippen molar-refractivity contribution in [3.05, 3.63) is 0 Å². The highest BCUT2D eigenvalue weighted by Crippen LogP contribution is 2.32. The molecule has 3 saturated heterocycles. The maximum atomic E-state index is 12.5. The lowest BCUT2D eigenvalue weighted by atomic mass is 9.78. The summed E-state index contributed by atoms with van der Waals surface area (Å²) in [5.74, 6) is -2.36. The predicted molar refractivity (Wildman–Crippen MR) is 286 cm³/mol. The Balaban J connectivity index is 0.000000548. The Bertz CT molecular complexity index is 1760. The lowest BCUT2D eigenvalue weighted by molar-refractivity contribution is -0.162. The minimum absolute atomic E-state index is 0.00308. The van der Waals surface area contributed by atoms with E-state index in [0.29, 0.717) is 56.6 Å². The third kappa shape index (κ3) is 22.1. The van der Waals surface area contributed by atoms with Crippen molar-refractivity contribution in [3.63, 3.8) is 0 Å². The maximum absolute atomic E-state index is 12.5. The smallest absolute Gasteiger partial charge is 0.316 e. The molecule has 0 amide bonds. The topological polar surface area (TPSA) is 205 Å². The quantitative estimate of drug-likeness (QED) is 0.154. The van der Waals surface area contributed by atoms with Crippen molar-refractivity contribution >= 4 is 46.8 Å². The Morgan fingerprint density at radius 3 is 1.23 bits per heavy atom. The van der Waals surface area contributed by atoms with E-state index in [1.54, 1.807) is 20.8 Å². The number of aliphatic hydroxyl groups is 2.